The summed E-state index contributed by atoms with van der Waals surface area (Å²) in [6, 6.07) is 14.0. The zero-order valence-corrected chi connectivity index (χ0v) is 30.0. The van der Waals surface area contributed by atoms with Gasteiger partial charge in [-0.1, -0.05) is 51.5 Å². The summed E-state index contributed by atoms with van der Waals surface area (Å²) < 4.78 is 19.2. The van der Waals surface area contributed by atoms with Crippen molar-refractivity contribution in [3.05, 3.63) is 76.9 Å². The fraction of sp³-hybridized carbons (Fsp3) is 0.513. The monoisotopic (exact) mass is 663 g/mol. The average molecular weight is 664 g/mol. The van der Waals surface area contributed by atoms with E-state index in [1.165, 1.54) is 12.1 Å². The normalized spacial score (nSPS) is 14.2. The molecule has 1 aliphatic rings. The Morgan fingerprint density at radius 2 is 1.62 bits per heavy atom. The molecule has 3 aromatic rings. The number of benzene rings is 2. The molecule has 0 unspecified atom stereocenters. The molecule has 0 saturated carbocycles. The fourth-order valence-electron chi connectivity index (χ4n) is 5.53. The van der Waals surface area contributed by atoms with E-state index in [9.17, 15) is 19.1 Å². The number of aromatic nitrogens is 1. The first-order valence-corrected chi connectivity index (χ1v) is 16.9. The van der Waals surface area contributed by atoms with Crippen LogP contribution in [0.15, 0.2) is 48.5 Å². The van der Waals surface area contributed by atoms with E-state index in [4.69, 9.17) is 14.8 Å². The highest BCUT2D eigenvalue weighted by Gasteiger charge is 2.32. The maximum absolute atomic E-state index is 13.9. The molecule has 4 rings (SSSR count). The summed E-state index contributed by atoms with van der Waals surface area (Å²) in [4.78, 5) is 34.7. The van der Waals surface area contributed by atoms with Crippen LogP contribution in [0, 0.1) is 18.2 Å². The van der Waals surface area contributed by atoms with Gasteiger partial charge in [-0.05, 0) is 87.8 Å². The quantitative estimate of drug-likeness (QED) is 0.205. The maximum Gasteiger partial charge on any atom is 0.307 e. The van der Waals surface area contributed by atoms with Crippen LogP contribution in [0.25, 0.3) is 11.1 Å². The molecular weight excluding hydrogens is 609 g/mol. The van der Waals surface area contributed by atoms with Gasteiger partial charge < -0.3 is 24.7 Å². The van der Waals surface area contributed by atoms with E-state index in [0.717, 1.165) is 55.6 Å². The lowest BCUT2D eigenvalue weighted by Crippen LogP contribution is -2.39. The molecule has 0 radical (unpaired) electrons. The summed E-state index contributed by atoms with van der Waals surface area (Å²) in [5, 5.41) is 18.4. The Labute approximate surface area is 286 Å². The van der Waals surface area contributed by atoms with Gasteiger partial charge in [0.05, 0.1) is 24.3 Å². The van der Waals surface area contributed by atoms with Crippen molar-refractivity contribution in [1.82, 2.24) is 9.88 Å². The molecule has 2 aromatic carbocycles. The number of unbranched alkanes of at least 4 members (excludes halogenated alkanes) is 1. The second-order valence-corrected chi connectivity index (χ2v) is 14.5. The predicted molar refractivity (Wildman–Crippen MR) is 190 cm³/mol. The number of carboxylic acid groups (broad SMARTS) is 1. The van der Waals surface area contributed by atoms with Crippen LogP contribution < -0.4 is 9.64 Å². The lowest BCUT2D eigenvalue weighted by Gasteiger charge is -2.40. The molecule has 48 heavy (non-hydrogen) atoms. The van der Waals surface area contributed by atoms with Gasteiger partial charge in [-0.15, -0.1) is 0 Å². The van der Waals surface area contributed by atoms with Crippen molar-refractivity contribution >= 4 is 17.6 Å². The summed E-state index contributed by atoms with van der Waals surface area (Å²) in [5.74, 6) is -0.699. The molecule has 2 N–H and O–H groups in total. The van der Waals surface area contributed by atoms with Crippen LogP contribution in [-0.2, 0) is 17.6 Å². The van der Waals surface area contributed by atoms with E-state index in [1.54, 1.807) is 51.8 Å². The van der Waals surface area contributed by atoms with Gasteiger partial charge in [-0.2, -0.15) is 0 Å². The second kappa shape index (κ2) is 16.9. The van der Waals surface area contributed by atoms with Crippen molar-refractivity contribution in [1.29, 1.82) is 0 Å². The third kappa shape index (κ3) is 11.6. The van der Waals surface area contributed by atoms with Crippen LogP contribution in [0.2, 0.25) is 0 Å². The van der Waals surface area contributed by atoms with Crippen molar-refractivity contribution < 1.29 is 28.9 Å². The number of aryl methyl sites for hydroxylation is 1. The third-order valence-electron chi connectivity index (χ3n) is 8.35. The number of ether oxygens (including phenoxy) is 1. The summed E-state index contributed by atoms with van der Waals surface area (Å²) in [6.07, 6.45) is 4.23. The minimum atomic E-state index is -0.932. The molecule has 8 nitrogen and oxygen atoms in total. The molecule has 1 aromatic heterocycles. The largest absolute Gasteiger partial charge is 0.493 e. The number of carboxylic acids is 1. The van der Waals surface area contributed by atoms with Crippen LogP contribution in [0.4, 0.5) is 10.1 Å². The molecular formula is C39H54FN3O5. The molecule has 9 heteroatoms. The Hall–Kier alpha value is -3.98. The van der Waals surface area contributed by atoms with E-state index in [0.29, 0.717) is 47.8 Å². The molecule has 1 fully saturated rings. The first kappa shape index (κ1) is 38.5. The standard InChI is InChI=1S/C35H44FN3O4.C4H10O/c1-6-7-19-38(5)34(42)32-31(26-10-14-28(15-11-26)43-22-16-25-8-12-27(36)13-9-25)33(29(23-30(40)41)24(2)37-32)39-20-17-35(3,4)18-21-39;1-4(2,3)5/h8-15H,6-7,16-23H2,1-5H3,(H,40,41);5H,1-3H3. The highest BCUT2D eigenvalue weighted by atomic mass is 19.1. The molecule has 0 atom stereocenters. The smallest absolute Gasteiger partial charge is 0.307 e. The van der Waals surface area contributed by atoms with Crippen molar-refractivity contribution in [2.24, 2.45) is 5.41 Å². The van der Waals surface area contributed by atoms with E-state index >= 15 is 0 Å². The number of carbonyl (C=O) groups excluding carboxylic acids is 1. The third-order valence-corrected chi connectivity index (χ3v) is 8.35. The number of carbonyl (C=O) groups is 2. The summed E-state index contributed by atoms with van der Waals surface area (Å²) in [7, 11) is 1.80. The van der Waals surface area contributed by atoms with Crippen LogP contribution in [-0.4, -0.2) is 70.9 Å². The van der Waals surface area contributed by atoms with Gasteiger partial charge in [0, 0.05) is 49.9 Å². The minimum Gasteiger partial charge on any atom is -0.493 e. The maximum atomic E-state index is 13.9. The number of hydrogen-bond acceptors (Lipinski definition) is 6. The summed E-state index contributed by atoms with van der Waals surface area (Å²) >= 11 is 0. The van der Waals surface area contributed by atoms with Gasteiger partial charge in [-0.25, -0.2) is 9.37 Å². The number of pyridine rings is 1. The van der Waals surface area contributed by atoms with Gasteiger partial charge >= 0.3 is 5.97 Å². The number of halogens is 1. The van der Waals surface area contributed by atoms with Crippen LogP contribution in [0.1, 0.15) is 94.5 Å². The molecule has 2 heterocycles. The lowest BCUT2D eigenvalue weighted by molar-refractivity contribution is -0.136. The number of rotatable bonds is 12. The fourth-order valence-corrected chi connectivity index (χ4v) is 5.53. The zero-order chi connectivity index (χ0) is 35.6. The number of anilines is 1. The average Bonchev–Trinajstić information content (AvgIpc) is 3.01. The summed E-state index contributed by atoms with van der Waals surface area (Å²) in [6.45, 7) is 16.2. The van der Waals surface area contributed by atoms with E-state index < -0.39 is 11.6 Å². The first-order chi connectivity index (χ1) is 22.5. The lowest BCUT2D eigenvalue weighted by atomic mass is 9.82. The van der Waals surface area contributed by atoms with Crippen LogP contribution in [0.3, 0.4) is 0 Å². The number of amides is 1. The predicted octanol–water partition coefficient (Wildman–Crippen LogP) is 7.72. The van der Waals surface area contributed by atoms with Crippen LogP contribution in [0.5, 0.6) is 5.75 Å². The molecule has 1 amide bonds. The second-order valence-electron chi connectivity index (χ2n) is 14.5. The Kier molecular flexibility index (Phi) is 13.6. The number of nitrogens with zero attached hydrogens (tertiary/aromatic N) is 3. The van der Waals surface area contributed by atoms with Crippen molar-refractivity contribution in [2.45, 2.75) is 92.6 Å². The highest BCUT2D eigenvalue weighted by Crippen LogP contribution is 2.42. The van der Waals surface area contributed by atoms with Gasteiger partial charge in [0.1, 0.15) is 17.3 Å². The van der Waals surface area contributed by atoms with Crippen molar-refractivity contribution in [2.75, 3.05) is 38.2 Å². The van der Waals surface area contributed by atoms with E-state index in [1.807, 2.05) is 24.3 Å². The molecule has 0 bridgehead atoms. The number of hydrogen-bond donors (Lipinski definition) is 2. The van der Waals surface area contributed by atoms with Gasteiger partial charge in [0.2, 0.25) is 0 Å². The number of aliphatic hydroxyl groups is 1. The SMILES string of the molecule is CC(C)(C)O.CCCCN(C)C(=O)c1nc(C)c(CC(=O)O)c(N2CCC(C)(C)CC2)c1-c1ccc(OCCc2ccc(F)cc2)cc1. The Morgan fingerprint density at radius 1 is 1.04 bits per heavy atom. The molecule has 1 saturated heterocycles. The first-order valence-electron chi connectivity index (χ1n) is 16.9. The Bertz CT molecular complexity index is 1500. The van der Waals surface area contributed by atoms with Gasteiger partial charge in [-0.3, -0.25) is 9.59 Å². The van der Waals surface area contributed by atoms with Gasteiger partial charge in [0.25, 0.3) is 5.91 Å². The molecule has 0 spiro atoms. The van der Waals surface area contributed by atoms with Gasteiger partial charge in [0.15, 0.2) is 0 Å². The summed E-state index contributed by atoms with van der Waals surface area (Å²) in [5.41, 5.74) is 4.49. The topological polar surface area (TPSA) is 103 Å². The number of piperidine rings is 1. The Balaban J connectivity index is 0.00000116. The number of aliphatic carboxylic acids is 1. The molecule has 0 aliphatic carbocycles. The molecule has 262 valence electrons. The van der Waals surface area contributed by atoms with E-state index in [2.05, 4.69) is 25.7 Å². The van der Waals surface area contributed by atoms with E-state index in [-0.39, 0.29) is 23.6 Å². The minimum absolute atomic E-state index is 0.174. The van der Waals surface area contributed by atoms with Crippen molar-refractivity contribution in [3.8, 4) is 16.9 Å². The van der Waals surface area contributed by atoms with Crippen LogP contribution >= 0.6 is 0 Å². The van der Waals surface area contributed by atoms with Crippen molar-refractivity contribution in [3.63, 3.8) is 0 Å². The highest BCUT2D eigenvalue weighted by molar-refractivity contribution is 6.03. The zero-order valence-electron chi connectivity index (χ0n) is 30.0. The Morgan fingerprint density at radius 3 is 2.17 bits per heavy atom. The molecule has 1 aliphatic heterocycles.